The average Bonchev–Trinajstić information content (AvgIpc) is 2.74. The molecule has 0 saturated carbocycles. The fourth-order valence-electron chi connectivity index (χ4n) is 2.36. The first-order chi connectivity index (χ1) is 14.8. The van der Waals surface area contributed by atoms with E-state index in [1.54, 1.807) is 12.1 Å². The number of hydrogen-bond acceptors (Lipinski definition) is 9. The lowest BCUT2D eigenvalue weighted by molar-refractivity contribution is 0.161. The first-order valence-electron chi connectivity index (χ1n) is 9.03. The molecule has 1 amide bonds. The number of nitrogens with one attached hydrogen (secondary N) is 3. The lowest BCUT2D eigenvalue weighted by Crippen LogP contribution is -2.16. The molecule has 1 heterocycles. The van der Waals surface area contributed by atoms with Crippen molar-refractivity contribution in [2.75, 3.05) is 17.7 Å². The largest absolute Gasteiger partial charge is 0.449 e. The van der Waals surface area contributed by atoms with Gasteiger partial charge in [-0.05, 0) is 36.4 Å². The Morgan fingerprint density at radius 3 is 2.87 bits per heavy atom. The molecule has 0 spiro atoms. The zero-order valence-corrected chi connectivity index (χ0v) is 18.2. The quantitative estimate of drug-likeness (QED) is 0.206. The van der Waals surface area contributed by atoms with Gasteiger partial charge in [-0.2, -0.15) is 0 Å². The van der Waals surface area contributed by atoms with E-state index in [0.717, 1.165) is 18.0 Å². The lowest BCUT2D eigenvalue weighted by Gasteiger charge is -2.11. The Bertz CT molecular complexity index is 1030. The van der Waals surface area contributed by atoms with Gasteiger partial charge in [0.25, 0.3) is 0 Å². The van der Waals surface area contributed by atoms with Crippen molar-refractivity contribution in [2.24, 2.45) is 10.7 Å². The maximum atomic E-state index is 11.7. The number of carbonyl (C=O) groups is 1. The molecule has 2 aromatic rings. The first-order valence-corrected chi connectivity index (χ1v) is 10.2. The van der Waals surface area contributed by atoms with Crippen LogP contribution in [-0.2, 0) is 11.3 Å². The van der Waals surface area contributed by atoms with Crippen LogP contribution in [0, 0.1) is 10.8 Å². The molecule has 0 fully saturated rings. The molecule has 0 aliphatic rings. The van der Waals surface area contributed by atoms with Crippen LogP contribution in [0.15, 0.2) is 29.4 Å². The number of aliphatic hydroxyl groups is 1. The van der Waals surface area contributed by atoms with Crippen LogP contribution in [0.1, 0.15) is 30.0 Å². The van der Waals surface area contributed by atoms with Gasteiger partial charge in [0.1, 0.15) is 10.9 Å². The SMILES string of the molecule is CCCOC(=O)Nc1cc(C(=N)SC(N)=Nc2ccc(N)c(C=N)c2Cl)c(CO)cn1. The number of nitrogens with two attached hydrogens (primary N) is 2. The predicted molar refractivity (Wildman–Crippen MR) is 125 cm³/mol. The molecule has 8 N–H and O–H groups in total. The van der Waals surface area contributed by atoms with Crippen molar-refractivity contribution in [2.45, 2.75) is 20.0 Å². The van der Waals surface area contributed by atoms with Gasteiger partial charge in [-0.1, -0.05) is 18.5 Å². The van der Waals surface area contributed by atoms with E-state index in [0.29, 0.717) is 34.5 Å². The summed E-state index contributed by atoms with van der Waals surface area (Å²) in [5.41, 5.74) is 13.4. The molecule has 0 radical (unpaired) electrons. The van der Waals surface area contributed by atoms with Gasteiger partial charge < -0.3 is 26.7 Å². The molecule has 0 bridgehead atoms. The number of aliphatic imine (C=N–C) groups is 1. The number of benzene rings is 1. The van der Waals surface area contributed by atoms with Crippen LogP contribution in [-0.4, -0.2) is 39.2 Å². The molecule has 164 valence electrons. The maximum absolute atomic E-state index is 11.7. The summed E-state index contributed by atoms with van der Waals surface area (Å²) in [6, 6.07) is 4.54. The number of rotatable bonds is 7. The summed E-state index contributed by atoms with van der Waals surface area (Å²) in [4.78, 5) is 20.0. The number of aliphatic hydroxyl groups excluding tert-OH is 1. The van der Waals surface area contributed by atoms with Crippen LogP contribution in [0.3, 0.4) is 0 Å². The van der Waals surface area contributed by atoms with E-state index in [-0.39, 0.29) is 34.3 Å². The van der Waals surface area contributed by atoms with E-state index in [2.05, 4.69) is 15.3 Å². The molecule has 12 heteroatoms. The van der Waals surface area contributed by atoms with Crippen LogP contribution in [0.5, 0.6) is 0 Å². The summed E-state index contributed by atoms with van der Waals surface area (Å²) in [6.45, 7) is 1.77. The molecule has 0 saturated heterocycles. The van der Waals surface area contributed by atoms with Crippen LogP contribution < -0.4 is 16.8 Å². The maximum Gasteiger partial charge on any atom is 0.412 e. The zero-order chi connectivity index (χ0) is 23.0. The second-order valence-corrected chi connectivity index (χ2v) is 7.48. The molecular weight excluding hydrogens is 442 g/mol. The van der Waals surface area contributed by atoms with Crippen molar-refractivity contribution in [3.8, 4) is 0 Å². The van der Waals surface area contributed by atoms with Gasteiger partial charge in [0, 0.05) is 34.8 Å². The van der Waals surface area contributed by atoms with Gasteiger partial charge in [0.15, 0.2) is 5.17 Å². The van der Waals surface area contributed by atoms with Crippen LogP contribution >= 0.6 is 23.4 Å². The number of carbonyl (C=O) groups excluding carboxylic acids is 1. The third kappa shape index (κ3) is 6.41. The monoisotopic (exact) mass is 463 g/mol. The highest BCUT2D eigenvalue weighted by Gasteiger charge is 2.15. The molecule has 1 aromatic heterocycles. The summed E-state index contributed by atoms with van der Waals surface area (Å²) in [6.07, 6.45) is 2.37. The second kappa shape index (κ2) is 11.3. The highest BCUT2D eigenvalue weighted by molar-refractivity contribution is 8.26. The second-order valence-electron chi connectivity index (χ2n) is 6.07. The molecule has 0 unspecified atom stereocenters. The third-order valence-electron chi connectivity index (χ3n) is 3.84. The summed E-state index contributed by atoms with van der Waals surface area (Å²) in [5, 5.41) is 27.9. The van der Waals surface area contributed by atoms with Gasteiger partial charge in [0.2, 0.25) is 0 Å². The molecular formula is C19H22ClN7O3S. The van der Waals surface area contributed by atoms with Crippen LogP contribution in [0.4, 0.5) is 22.0 Å². The van der Waals surface area contributed by atoms with Crippen LogP contribution in [0.25, 0.3) is 0 Å². The van der Waals surface area contributed by atoms with E-state index in [9.17, 15) is 9.90 Å². The van der Waals surface area contributed by atoms with E-state index < -0.39 is 6.09 Å². The van der Waals surface area contributed by atoms with Crippen molar-refractivity contribution in [1.29, 1.82) is 10.8 Å². The smallest absolute Gasteiger partial charge is 0.412 e. The van der Waals surface area contributed by atoms with Gasteiger partial charge >= 0.3 is 6.09 Å². The summed E-state index contributed by atoms with van der Waals surface area (Å²) in [7, 11) is 0. The Balaban J connectivity index is 2.24. The Labute approximate surface area is 188 Å². The topological polar surface area (TPSA) is 184 Å². The number of pyridine rings is 1. The first kappa shape index (κ1) is 24.1. The molecule has 0 aliphatic heterocycles. The number of ether oxygens (including phenoxy) is 1. The van der Waals surface area contributed by atoms with Gasteiger partial charge in [-0.25, -0.2) is 14.8 Å². The fourth-order valence-corrected chi connectivity index (χ4v) is 3.28. The molecule has 10 nitrogen and oxygen atoms in total. The Kier molecular flexibility index (Phi) is 8.79. The van der Waals surface area contributed by atoms with Crippen molar-refractivity contribution < 1.29 is 14.6 Å². The summed E-state index contributed by atoms with van der Waals surface area (Å²) >= 11 is 7.04. The van der Waals surface area contributed by atoms with Gasteiger partial charge in [-0.3, -0.25) is 10.7 Å². The predicted octanol–water partition coefficient (Wildman–Crippen LogP) is 3.47. The number of amidine groups is 1. The van der Waals surface area contributed by atoms with Crippen molar-refractivity contribution in [3.05, 3.63) is 46.1 Å². The Morgan fingerprint density at radius 1 is 1.48 bits per heavy atom. The van der Waals surface area contributed by atoms with Gasteiger partial charge in [0.05, 0.1) is 23.9 Å². The standard InChI is InChI=1S/C19H22ClN7O3S/c1-2-5-30-19(29)27-15-6-11(10(9-28)8-25-15)17(23)31-18(24)26-14-4-3-13(22)12(7-21)16(14)20/h3-4,6-8,21,23,28H,2,5,9,22H2,1H3,(H2,24,26)(H,25,27,29). The third-order valence-corrected chi connectivity index (χ3v) is 4.97. The Hall–Kier alpha value is -3.15. The zero-order valence-electron chi connectivity index (χ0n) is 16.6. The minimum absolute atomic E-state index is 0.00479. The number of thioether (sulfide) groups is 1. The number of amides is 1. The highest BCUT2D eigenvalue weighted by atomic mass is 35.5. The van der Waals surface area contributed by atoms with Crippen LogP contribution in [0.2, 0.25) is 5.02 Å². The van der Waals surface area contributed by atoms with E-state index in [4.69, 9.17) is 38.6 Å². The molecule has 0 aliphatic carbocycles. The highest BCUT2D eigenvalue weighted by Crippen LogP contribution is 2.32. The minimum atomic E-state index is -0.669. The van der Waals surface area contributed by atoms with Crippen molar-refractivity contribution in [3.63, 3.8) is 0 Å². The fraction of sp³-hybridized carbons (Fsp3) is 0.211. The molecule has 2 rings (SSSR count). The number of anilines is 2. The number of nitrogens with zero attached hydrogens (tertiary/aromatic N) is 2. The van der Waals surface area contributed by atoms with E-state index in [1.165, 1.54) is 12.3 Å². The van der Waals surface area contributed by atoms with Gasteiger partial charge in [-0.15, -0.1) is 0 Å². The summed E-state index contributed by atoms with van der Waals surface area (Å²) in [5.74, 6) is 0.159. The van der Waals surface area contributed by atoms with Crippen molar-refractivity contribution in [1.82, 2.24) is 4.98 Å². The average molecular weight is 464 g/mol. The molecule has 0 atom stereocenters. The lowest BCUT2D eigenvalue weighted by atomic mass is 10.1. The van der Waals surface area contributed by atoms with E-state index >= 15 is 0 Å². The minimum Gasteiger partial charge on any atom is -0.449 e. The number of nitrogen functional groups attached to an aromatic ring is 1. The van der Waals surface area contributed by atoms with E-state index in [1.807, 2.05) is 6.92 Å². The molecule has 1 aromatic carbocycles. The van der Waals surface area contributed by atoms with Crippen molar-refractivity contribution >= 4 is 63.1 Å². The number of aromatic nitrogens is 1. The molecule has 31 heavy (non-hydrogen) atoms. The number of halogens is 1. The number of hydrogen-bond donors (Lipinski definition) is 6. The summed E-state index contributed by atoms with van der Waals surface area (Å²) < 4.78 is 4.95. The Morgan fingerprint density at radius 2 is 2.23 bits per heavy atom. The normalized spacial score (nSPS) is 11.1.